The van der Waals surface area contributed by atoms with E-state index in [2.05, 4.69) is 5.32 Å². The molecular formula is C34H46N4O6. The number of methoxy groups -OCH3 is 1. The minimum Gasteiger partial charge on any atom is -0.497 e. The summed E-state index contributed by atoms with van der Waals surface area (Å²) in [5.41, 5.74) is 1.63. The Labute approximate surface area is 259 Å². The minimum absolute atomic E-state index is 0.103. The Kier molecular flexibility index (Phi) is 7.99. The topological polar surface area (TPSA) is 120 Å². The fraction of sp³-hybridized carbons (Fsp3) is 0.676. The molecule has 4 aliphatic rings. The number of aromatic nitrogens is 2. The molecule has 2 aliphatic heterocycles. The van der Waals surface area contributed by atoms with Crippen LogP contribution in [-0.2, 0) is 19.7 Å². The lowest BCUT2D eigenvalue weighted by molar-refractivity contribution is -0.141. The van der Waals surface area contributed by atoms with Crippen LogP contribution in [0.5, 0.6) is 11.6 Å². The summed E-state index contributed by atoms with van der Waals surface area (Å²) in [6.07, 6.45) is 6.42. The SMILES string of the molecule is CC[C@@H]1[C@@H]2CN(C(=O)[C@H](C(C)(C)C)NC(=O)O[C@@H]3C[C@H]3CCCCC3(CC3)c3nc4ccc(OC)cc4nc3O2)[C@@H]1C(C)=O. The van der Waals surface area contributed by atoms with Crippen molar-refractivity contribution in [3.63, 3.8) is 0 Å². The Hall–Kier alpha value is -3.43. The lowest BCUT2D eigenvalue weighted by Crippen LogP contribution is -2.57. The molecule has 1 N–H and O–H groups in total. The average Bonchev–Trinajstić information content (AvgIpc) is 3.89. The second-order valence-electron chi connectivity index (χ2n) is 14.4. The van der Waals surface area contributed by atoms with E-state index in [1.54, 1.807) is 12.0 Å². The summed E-state index contributed by atoms with van der Waals surface area (Å²) < 4.78 is 18.0. The number of nitrogens with zero attached hydrogens (tertiary/aromatic N) is 3. The lowest BCUT2D eigenvalue weighted by Gasteiger charge is -2.35. The van der Waals surface area contributed by atoms with E-state index in [4.69, 9.17) is 24.2 Å². The van der Waals surface area contributed by atoms with Gasteiger partial charge < -0.3 is 24.4 Å². The predicted molar refractivity (Wildman–Crippen MR) is 165 cm³/mol. The van der Waals surface area contributed by atoms with E-state index in [9.17, 15) is 14.4 Å². The van der Waals surface area contributed by atoms with Crippen LogP contribution in [0, 0.1) is 17.3 Å². The van der Waals surface area contributed by atoms with E-state index in [0.717, 1.165) is 56.2 Å². The maximum Gasteiger partial charge on any atom is 0.408 e. The van der Waals surface area contributed by atoms with E-state index < -0.39 is 29.7 Å². The first-order valence-corrected chi connectivity index (χ1v) is 16.2. The van der Waals surface area contributed by atoms with E-state index in [1.165, 1.54) is 6.92 Å². The number of amides is 2. The average molecular weight is 607 g/mol. The molecule has 1 saturated heterocycles. The van der Waals surface area contributed by atoms with Crippen LogP contribution in [0.2, 0.25) is 0 Å². The van der Waals surface area contributed by atoms with Crippen molar-refractivity contribution in [3.05, 3.63) is 23.9 Å². The molecule has 238 valence electrons. The van der Waals surface area contributed by atoms with E-state index in [1.807, 2.05) is 45.9 Å². The Morgan fingerprint density at radius 3 is 2.52 bits per heavy atom. The van der Waals surface area contributed by atoms with Crippen LogP contribution >= 0.6 is 0 Å². The molecule has 2 saturated carbocycles. The molecule has 2 amide bonds. The normalized spacial score (nSPS) is 30.3. The van der Waals surface area contributed by atoms with Gasteiger partial charge in [-0.25, -0.2) is 14.8 Å². The second-order valence-corrected chi connectivity index (χ2v) is 14.4. The number of alkyl carbamates (subject to hydrolysis) is 1. The molecule has 2 bridgehead atoms. The van der Waals surface area contributed by atoms with E-state index >= 15 is 0 Å². The molecular weight excluding hydrogens is 560 g/mol. The number of ether oxygens (including phenoxy) is 3. The number of rotatable bonds is 3. The zero-order valence-corrected chi connectivity index (χ0v) is 26.9. The number of carbonyl (C=O) groups excluding carboxylic acids is 3. The standard InChI is InChI=1S/C34H46N4O6/c1-7-22-26-18-38(27(22)19(2)39)31(40)29(33(3,4)5)37-32(41)44-25-16-20(25)10-8-9-13-34(14-15-34)28-30(43-26)36-24-17-21(42-6)11-12-23(24)35-28/h11-12,17,20,22,25-27,29H,7-10,13-16,18H2,1-6H3,(H,37,41)/t20-,22-,25-,26+,27-,29-/m1/s1. The monoisotopic (exact) mass is 606 g/mol. The highest BCUT2D eigenvalue weighted by Crippen LogP contribution is 2.54. The summed E-state index contributed by atoms with van der Waals surface area (Å²) in [5, 5.41) is 2.87. The van der Waals surface area contributed by atoms with Crippen molar-refractivity contribution < 1.29 is 28.6 Å². The molecule has 1 aromatic carbocycles. The predicted octanol–water partition coefficient (Wildman–Crippen LogP) is 5.35. The van der Waals surface area contributed by atoms with Crippen LogP contribution in [0.15, 0.2) is 18.2 Å². The van der Waals surface area contributed by atoms with E-state index in [0.29, 0.717) is 29.5 Å². The van der Waals surface area contributed by atoms with Gasteiger partial charge in [-0.15, -0.1) is 0 Å². The van der Waals surface area contributed by atoms with Gasteiger partial charge in [0.2, 0.25) is 11.8 Å². The van der Waals surface area contributed by atoms with Crippen molar-refractivity contribution in [1.29, 1.82) is 0 Å². The van der Waals surface area contributed by atoms with Crippen molar-refractivity contribution in [1.82, 2.24) is 20.2 Å². The van der Waals surface area contributed by atoms with Gasteiger partial charge in [0.25, 0.3) is 0 Å². The summed E-state index contributed by atoms with van der Waals surface area (Å²) in [4.78, 5) is 52.3. The fourth-order valence-corrected chi connectivity index (χ4v) is 7.35. The van der Waals surface area contributed by atoms with Gasteiger partial charge in [-0.2, -0.15) is 0 Å². The number of benzene rings is 1. The summed E-state index contributed by atoms with van der Waals surface area (Å²) in [6, 6.07) is 4.15. The van der Waals surface area contributed by atoms with E-state index in [-0.39, 0.29) is 35.7 Å². The molecule has 0 radical (unpaired) electrons. The van der Waals surface area contributed by atoms with Gasteiger partial charge in [-0.3, -0.25) is 9.59 Å². The number of carbonyl (C=O) groups is 3. The molecule has 1 spiro atoms. The number of hydrogen-bond acceptors (Lipinski definition) is 8. The summed E-state index contributed by atoms with van der Waals surface area (Å²) >= 11 is 0. The molecule has 3 fully saturated rings. The van der Waals surface area contributed by atoms with Gasteiger partial charge in [0.05, 0.1) is 30.7 Å². The van der Waals surface area contributed by atoms with Crippen LogP contribution in [0.25, 0.3) is 11.0 Å². The summed E-state index contributed by atoms with van der Waals surface area (Å²) in [7, 11) is 1.62. The van der Waals surface area contributed by atoms with Gasteiger partial charge in [0, 0.05) is 17.4 Å². The Morgan fingerprint density at radius 1 is 1.09 bits per heavy atom. The number of Topliss-reactive ketones (excluding diaryl/α,β-unsaturated/α-hetero) is 1. The first-order chi connectivity index (χ1) is 20.9. The third-order valence-corrected chi connectivity index (χ3v) is 10.2. The number of nitrogens with one attached hydrogen (secondary N) is 1. The van der Waals surface area contributed by atoms with Gasteiger partial charge in [0.15, 0.2) is 5.78 Å². The van der Waals surface area contributed by atoms with Gasteiger partial charge >= 0.3 is 6.09 Å². The molecule has 2 aliphatic carbocycles. The molecule has 3 heterocycles. The maximum absolute atomic E-state index is 14.3. The zero-order chi connectivity index (χ0) is 31.4. The quantitative estimate of drug-likeness (QED) is 0.497. The second kappa shape index (κ2) is 11.5. The Morgan fingerprint density at radius 2 is 1.86 bits per heavy atom. The zero-order valence-electron chi connectivity index (χ0n) is 26.9. The molecule has 6 rings (SSSR count). The van der Waals surface area contributed by atoms with Crippen LogP contribution in [-0.4, -0.2) is 70.6 Å². The first kappa shape index (κ1) is 30.6. The maximum atomic E-state index is 14.3. The number of hydrogen-bond donors (Lipinski definition) is 1. The van der Waals surface area contributed by atoms with Gasteiger partial charge in [-0.1, -0.05) is 40.5 Å². The largest absolute Gasteiger partial charge is 0.497 e. The highest BCUT2D eigenvalue weighted by molar-refractivity contribution is 5.92. The molecule has 10 nitrogen and oxygen atoms in total. The summed E-state index contributed by atoms with van der Waals surface area (Å²) in [5.74, 6) is 0.864. The molecule has 6 atom stereocenters. The third-order valence-electron chi connectivity index (χ3n) is 10.2. The minimum atomic E-state index is -0.873. The highest BCUT2D eigenvalue weighted by atomic mass is 16.6. The smallest absolute Gasteiger partial charge is 0.408 e. The summed E-state index contributed by atoms with van der Waals surface area (Å²) in [6.45, 7) is 9.48. The Balaban J connectivity index is 1.42. The highest BCUT2D eigenvalue weighted by Gasteiger charge is 2.52. The van der Waals surface area contributed by atoms with Crippen LogP contribution in [0.4, 0.5) is 4.79 Å². The van der Waals surface area contributed by atoms with Crippen LogP contribution in [0.3, 0.4) is 0 Å². The Bertz CT molecular complexity index is 1450. The van der Waals surface area contributed by atoms with Crippen molar-refractivity contribution >= 4 is 28.8 Å². The third kappa shape index (κ3) is 5.84. The lowest BCUT2D eigenvalue weighted by atomic mass is 9.85. The van der Waals surface area contributed by atoms with Gasteiger partial charge in [0.1, 0.15) is 29.7 Å². The molecule has 10 heteroatoms. The number of ketones is 1. The molecule has 0 unspecified atom stereocenters. The molecule has 1 aromatic heterocycles. The van der Waals surface area contributed by atoms with Crippen LogP contribution in [0.1, 0.15) is 91.7 Å². The van der Waals surface area contributed by atoms with Gasteiger partial charge in [-0.05, 0) is 68.9 Å². The molecule has 2 aromatic rings. The van der Waals surface area contributed by atoms with Crippen molar-refractivity contribution in [3.8, 4) is 11.6 Å². The van der Waals surface area contributed by atoms with Crippen molar-refractivity contribution in [2.75, 3.05) is 13.7 Å². The van der Waals surface area contributed by atoms with Crippen molar-refractivity contribution in [2.45, 2.75) is 116 Å². The molecule has 44 heavy (non-hydrogen) atoms. The number of fused-ring (bicyclic) bond motifs is 6. The van der Waals surface area contributed by atoms with Crippen molar-refractivity contribution in [2.24, 2.45) is 17.3 Å². The fourth-order valence-electron chi connectivity index (χ4n) is 7.35. The first-order valence-electron chi connectivity index (χ1n) is 16.2. The van der Waals surface area contributed by atoms with Crippen LogP contribution < -0.4 is 14.8 Å².